The zero-order valence-corrected chi connectivity index (χ0v) is 16.3. The molecule has 1 aliphatic heterocycles. The van der Waals surface area contributed by atoms with E-state index >= 15 is 0 Å². The highest BCUT2D eigenvalue weighted by Gasteiger charge is 2.37. The molecule has 1 fully saturated rings. The molecule has 142 valence electrons. The van der Waals surface area contributed by atoms with Gasteiger partial charge in [-0.25, -0.2) is 4.98 Å². The summed E-state index contributed by atoms with van der Waals surface area (Å²) in [7, 11) is 0. The first kappa shape index (κ1) is 22.1. The first-order valence-corrected chi connectivity index (χ1v) is 8.06. The first-order chi connectivity index (χ1) is 10.8. The molecule has 0 spiro atoms. The van der Waals surface area contributed by atoms with Gasteiger partial charge in [0, 0.05) is 19.1 Å². The molecule has 0 aliphatic carbocycles. The molecule has 2 atom stereocenters. The third kappa shape index (κ3) is 4.08. The number of hydrogen-bond acceptors (Lipinski definition) is 3. The molecule has 2 N–H and O–H groups in total. The standard InChI is InChI=1S/C17H24F2N4.2ClH/c1-11(22-9-8-14(20)17(2,3)10-22)15-21-12-6-4-5-7-13(12)23(15)16(18)19;;/h4-7,11,14,16H,8-10,20H2,1-3H3;2*1H. The Morgan fingerprint density at radius 1 is 1.24 bits per heavy atom. The lowest BCUT2D eigenvalue weighted by molar-refractivity contribution is 0.0434. The largest absolute Gasteiger partial charge is 0.327 e. The highest BCUT2D eigenvalue weighted by atomic mass is 35.5. The van der Waals surface area contributed by atoms with Crippen LogP contribution in [0.5, 0.6) is 0 Å². The average Bonchev–Trinajstić information content (AvgIpc) is 2.88. The fourth-order valence-corrected chi connectivity index (χ4v) is 3.47. The second-order valence-corrected chi connectivity index (χ2v) is 7.14. The topological polar surface area (TPSA) is 47.1 Å². The van der Waals surface area contributed by atoms with Gasteiger partial charge >= 0.3 is 6.55 Å². The molecular weight excluding hydrogens is 369 g/mol. The maximum Gasteiger partial charge on any atom is 0.320 e. The molecule has 2 unspecified atom stereocenters. The van der Waals surface area contributed by atoms with Crippen LogP contribution in [0.25, 0.3) is 11.0 Å². The summed E-state index contributed by atoms with van der Waals surface area (Å²) in [5, 5.41) is 0. The summed E-state index contributed by atoms with van der Waals surface area (Å²) in [6.07, 6.45) is 0.867. The Morgan fingerprint density at radius 3 is 2.48 bits per heavy atom. The molecule has 0 bridgehead atoms. The number of likely N-dealkylation sites (tertiary alicyclic amines) is 1. The van der Waals surface area contributed by atoms with Crippen LogP contribution in [-0.2, 0) is 0 Å². The van der Waals surface area contributed by atoms with Gasteiger partial charge in [-0.3, -0.25) is 9.47 Å². The fourth-order valence-electron chi connectivity index (χ4n) is 3.47. The number of alkyl halides is 2. The quantitative estimate of drug-likeness (QED) is 0.838. The minimum Gasteiger partial charge on any atom is -0.327 e. The summed E-state index contributed by atoms with van der Waals surface area (Å²) < 4.78 is 28.3. The molecule has 3 rings (SSSR count). The number of nitrogens with two attached hydrogens (primary N) is 1. The number of fused-ring (bicyclic) bond motifs is 1. The van der Waals surface area contributed by atoms with Crippen molar-refractivity contribution in [2.45, 2.75) is 45.8 Å². The third-order valence-electron chi connectivity index (χ3n) is 5.08. The van der Waals surface area contributed by atoms with Crippen molar-refractivity contribution in [3.05, 3.63) is 30.1 Å². The van der Waals surface area contributed by atoms with Crippen LogP contribution in [0.3, 0.4) is 0 Å². The number of rotatable bonds is 3. The van der Waals surface area contributed by atoms with Gasteiger partial charge in [-0.15, -0.1) is 24.8 Å². The summed E-state index contributed by atoms with van der Waals surface area (Å²) in [4.78, 5) is 6.70. The number of halogens is 4. The fraction of sp³-hybridized carbons (Fsp3) is 0.588. The SMILES string of the molecule is CC(c1nc2ccccc2n1C(F)F)N1CCC(N)C(C)(C)C1.Cl.Cl. The Balaban J connectivity index is 0.00000156. The Kier molecular flexibility index (Phi) is 7.21. The van der Waals surface area contributed by atoms with Crippen LogP contribution in [0.15, 0.2) is 24.3 Å². The van der Waals surface area contributed by atoms with Crippen molar-refractivity contribution in [2.24, 2.45) is 11.1 Å². The average molecular weight is 395 g/mol. The highest BCUT2D eigenvalue weighted by Crippen LogP contribution is 2.35. The van der Waals surface area contributed by atoms with Gasteiger partial charge in [0.15, 0.2) is 0 Å². The molecule has 1 saturated heterocycles. The maximum absolute atomic E-state index is 13.6. The molecule has 0 radical (unpaired) electrons. The number of nitrogens with zero attached hydrogens (tertiary/aromatic N) is 3. The molecule has 0 saturated carbocycles. The van der Waals surface area contributed by atoms with Crippen LogP contribution in [0.2, 0.25) is 0 Å². The van der Waals surface area contributed by atoms with Crippen molar-refractivity contribution in [2.75, 3.05) is 13.1 Å². The Labute approximate surface area is 159 Å². The molecule has 8 heteroatoms. The van der Waals surface area contributed by atoms with Gasteiger partial charge in [-0.2, -0.15) is 8.78 Å². The summed E-state index contributed by atoms with van der Waals surface area (Å²) >= 11 is 0. The lowest BCUT2D eigenvalue weighted by Crippen LogP contribution is -2.53. The van der Waals surface area contributed by atoms with E-state index in [-0.39, 0.29) is 42.3 Å². The van der Waals surface area contributed by atoms with Gasteiger partial charge < -0.3 is 5.73 Å². The Bertz CT molecular complexity index is 705. The zero-order chi connectivity index (χ0) is 16.8. The van der Waals surface area contributed by atoms with Crippen LogP contribution in [0.4, 0.5) is 8.78 Å². The van der Waals surface area contributed by atoms with Gasteiger partial charge in [0.25, 0.3) is 0 Å². The minimum atomic E-state index is -2.60. The van der Waals surface area contributed by atoms with Gasteiger partial charge in [-0.05, 0) is 30.9 Å². The molecule has 1 aromatic heterocycles. The van der Waals surface area contributed by atoms with E-state index in [0.717, 1.165) is 24.1 Å². The van der Waals surface area contributed by atoms with Crippen LogP contribution in [0.1, 0.15) is 45.6 Å². The van der Waals surface area contributed by atoms with Crippen molar-refractivity contribution in [1.29, 1.82) is 0 Å². The molecule has 1 aliphatic rings. The molecule has 2 aromatic rings. The van der Waals surface area contributed by atoms with Crippen LogP contribution in [0, 0.1) is 5.41 Å². The number of benzene rings is 1. The summed E-state index contributed by atoms with van der Waals surface area (Å²) in [5.41, 5.74) is 7.25. The summed E-state index contributed by atoms with van der Waals surface area (Å²) in [6.45, 7) is 5.20. The van der Waals surface area contributed by atoms with Crippen molar-refractivity contribution in [1.82, 2.24) is 14.5 Å². The Morgan fingerprint density at radius 2 is 1.88 bits per heavy atom. The van der Waals surface area contributed by atoms with E-state index in [1.165, 1.54) is 0 Å². The summed E-state index contributed by atoms with van der Waals surface area (Å²) in [5.74, 6) is 0.424. The molecule has 0 amide bonds. The third-order valence-corrected chi connectivity index (χ3v) is 5.08. The van der Waals surface area contributed by atoms with Crippen LogP contribution >= 0.6 is 24.8 Å². The van der Waals surface area contributed by atoms with Crippen molar-refractivity contribution in [3.8, 4) is 0 Å². The normalized spacial score (nSPS) is 21.6. The zero-order valence-electron chi connectivity index (χ0n) is 14.7. The number of imidazole rings is 1. The monoisotopic (exact) mass is 394 g/mol. The molecule has 4 nitrogen and oxygen atoms in total. The van der Waals surface area contributed by atoms with Gasteiger partial charge in [-0.1, -0.05) is 26.0 Å². The van der Waals surface area contributed by atoms with E-state index in [9.17, 15) is 8.78 Å². The van der Waals surface area contributed by atoms with E-state index < -0.39 is 6.55 Å². The molecular formula is C17H26Cl2F2N4. The predicted octanol–water partition coefficient (Wildman–Crippen LogP) is 4.40. The molecule has 2 heterocycles. The number of para-hydroxylation sites is 2. The number of aromatic nitrogens is 2. The van der Waals surface area contributed by atoms with E-state index in [0.29, 0.717) is 16.9 Å². The second-order valence-electron chi connectivity index (χ2n) is 7.14. The lowest BCUT2D eigenvalue weighted by Gasteiger charge is -2.44. The Hall–Kier alpha value is -0.950. The maximum atomic E-state index is 13.6. The van der Waals surface area contributed by atoms with E-state index in [2.05, 4.69) is 23.7 Å². The number of hydrogen-bond donors (Lipinski definition) is 1. The van der Waals surface area contributed by atoms with Crippen LogP contribution in [-0.4, -0.2) is 33.6 Å². The van der Waals surface area contributed by atoms with Gasteiger partial charge in [0.05, 0.1) is 17.1 Å². The summed E-state index contributed by atoms with van der Waals surface area (Å²) in [6, 6.07) is 7.02. The van der Waals surface area contributed by atoms with Crippen LogP contribution < -0.4 is 5.73 Å². The first-order valence-electron chi connectivity index (χ1n) is 8.06. The predicted molar refractivity (Wildman–Crippen MR) is 102 cm³/mol. The molecule has 25 heavy (non-hydrogen) atoms. The molecule has 1 aromatic carbocycles. The lowest BCUT2D eigenvalue weighted by atomic mass is 9.79. The second kappa shape index (κ2) is 8.16. The van der Waals surface area contributed by atoms with E-state index in [4.69, 9.17) is 5.73 Å². The van der Waals surface area contributed by atoms with E-state index in [1.807, 2.05) is 13.0 Å². The minimum absolute atomic E-state index is 0. The smallest absolute Gasteiger partial charge is 0.320 e. The van der Waals surface area contributed by atoms with Gasteiger partial charge in [0.2, 0.25) is 0 Å². The number of piperidine rings is 1. The van der Waals surface area contributed by atoms with Crippen molar-refractivity contribution < 1.29 is 8.78 Å². The highest BCUT2D eigenvalue weighted by molar-refractivity contribution is 5.85. The van der Waals surface area contributed by atoms with E-state index in [1.54, 1.807) is 18.2 Å². The van der Waals surface area contributed by atoms with Crippen molar-refractivity contribution in [3.63, 3.8) is 0 Å². The van der Waals surface area contributed by atoms with Gasteiger partial charge in [0.1, 0.15) is 5.82 Å². The van der Waals surface area contributed by atoms with Crippen molar-refractivity contribution >= 4 is 35.8 Å².